The van der Waals surface area contributed by atoms with Crippen LogP contribution in [0.15, 0.2) is 18.2 Å². The Morgan fingerprint density at radius 3 is 2.75 bits per heavy atom. The monoisotopic (exact) mass is 218 g/mol. The van der Waals surface area contributed by atoms with Crippen molar-refractivity contribution in [1.29, 1.82) is 0 Å². The highest BCUT2D eigenvalue weighted by Crippen LogP contribution is 2.29. The van der Waals surface area contributed by atoms with E-state index in [9.17, 15) is 4.39 Å². The van der Waals surface area contributed by atoms with E-state index in [0.717, 1.165) is 28.8 Å². The van der Waals surface area contributed by atoms with Gasteiger partial charge in [-0.2, -0.15) is 0 Å². The number of nitrogens with zero attached hydrogens (tertiary/aromatic N) is 1. The molecule has 0 aliphatic carbocycles. The summed E-state index contributed by atoms with van der Waals surface area (Å²) in [5, 5.41) is 4.00. The molecule has 84 valence electrons. The molecule has 1 heterocycles. The molecule has 0 spiro atoms. The summed E-state index contributed by atoms with van der Waals surface area (Å²) >= 11 is 0. The van der Waals surface area contributed by atoms with Gasteiger partial charge in [0.05, 0.1) is 0 Å². The number of benzene rings is 1. The zero-order valence-corrected chi connectivity index (χ0v) is 9.76. The van der Waals surface area contributed by atoms with E-state index in [-0.39, 0.29) is 5.82 Å². The summed E-state index contributed by atoms with van der Waals surface area (Å²) in [6, 6.07) is 5.06. The first kappa shape index (κ1) is 10.9. The Morgan fingerprint density at radius 1 is 1.38 bits per heavy atom. The molecule has 0 unspecified atom stereocenters. The Hall–Kier alpha value is -1.64. The normalized spacial score (nSPS) is 10.8. The highest BCUT2D eigenvalue weighted by Gasteiger charge is 2.12. The number of hydrogen-bond donors (Lipinski definition) is 1. The quantitative estimate of drug-likeness (QED) is 0.836. The van der Waals surface area contributed by atoms with Crippen molar-refractivity contribution in [2.45, 2.75) is 20.3 Å². The number of nitrogens with one attached hydrogen (secondary N) is 1. The summed E-state index contributed by atoms with van der Waals surface area (Å²) in [6.45, 7) is 4.00. The van der Waals surface area contributed by atoms with Crippen molar-refractivity contribution in [2.24, 2.45) is 0 Å². The third-order valence-electron chi connectivity index (χ3n) is 2.88. The molecule has 16 heavy (non-hydrogen) atoms. The maximum absolute atomic E-state index is 13.6. The van der Waals surface area contributed by atoms with Crippen LogP contribution in [-0.4, -0.2) is 12.0 Å². The number of hydrogen-bond acceptors (Lipinski definition) is 2. The second-order valence-electron chi connectivity index (χ2n) is 3.79. The van der Waals surface area contributed by atoms with E-state index in [1.165, 1.54) is 6.07 Å². The minimum atomic E-state index is -0.264. The van der Waals surface area contributed by atoms with E-state index < -0.39 is 0 Å². The van der Waals surface area contributed by atoms with Crippen molar-refractivity contribution >= 4 is 16.6 Å². The van der Waals surface area contributed by atoms with Crippen molar-refractivity contribution in [3.63, 3.8) is 0 Å². The smallest absolute Gasteiger partial charge is 0.149 e. The summed E-state index contributed by atoms with van der Waals surface area (Å²) in [6.07, 6.45) is 0.890. The lowest BCUT2D eigenvalue weighted by Gasteiger charge is -2.13. The fraction of sp³-hybridized carbons (Fsp3) is 0.308. The number of aryl methyl sites for hydroxylation is 1. The van der Waals surface area contributed by atoms with Crippen LogP contribution in [-0.2, 0) is 6.42 Å². The molecule has 1 aromatic carbocycles. The Morgan fingerprint density at radius 2 is 2.12 bits per heavy atom. The van der Waals surface area contributed by atoms with Gasteiger partial charge in [0.2, 0.25) is 0 Å². The highest BCUT2D eigenvalue weighted by molar-refractivity contribution is 5.93. The largest absolute Gasteiger partial charge is 0.387 e. The van der Waals surface area contributed by atoms with E-state index in [2.05, 4.69) is 17.2 Å². The van der Waals surface area contributed by atoms with Crippen LogP contribution < -0.4 is 5.32 Å². The summed E-state index contributed by atoms with van der Waals surface area (Å²) in [5.41, 5.74) is 3.48. The van der Waals surface area contributed by atoms with Gasteiger partial charge in [-0.3, -0.25) is 0 Å². The fourth-order valence-electron chi connectivity index (χ4n) is 2.13. The van der Waals surface area contributed by atoms with E-state index in [4.69, 9.17) is 0 Å². The lowest BCUT2D eigenvalue weighted by atomic mass is 10.0. The van der Waals surface area contributed by atoms with Gasteiger partial charge in [-0.05, 0) is 25.0 Å². The zero-order valence-electron chi connectivity index (χ0n) is 9.76. The summed E-state index contributed by atoms with van der Waals surface area (Å²) in [7, 11) is 1.86. The lowest BCUT2D eigenvalue weighted by Crippen LogP contribution is -2.02. The van der Waals surface area contributed by atoms with Gasteiger partial charge in [-0.1, -0.05) is 19.1 Å². The number of para-hydroxylation sites is 1. The van der Waals surface area contributed by atoms with Crippen LogP contribution in [0.1, 0.15) is 18.2 Å². The molecule has 0 fully saturated rings. The van der Waals surface area contributed by atoms with Gasteiger partial charge in [0.1, 0.15) is 11.3 Å². The average Bonchev–Trinajstić information content (AvgIpc) is 2.28. The molecule has 0 amide bonds. The summed E-state index contributed by atoms with van der Waals surface area (Å²) in [5.74, 6) is -0.264. The SMILES string of the molecule is CCc1c(C)nc2c(F)cccc2c1NC. The minimum Gasteiger partial charge on any atom is -0.387 e. The molecule has 0 saturated heterocycles. The van der Waals surface area contributed by atoms with Gasteiger partial charge < -0.3 is 5.32 Å². The average molecular weight is 218 g/mol. The molecule has 3 heteroatoms. The lowest BCUT2D eigenvalue weighted by molar-refractivity contribution is 0.636. The van der Waals surface area contributed by atoms with Crippen LogP contribution in [0.2, 0.25) is 0 Å². The molecule has 2 nitrogen and oxygen atoms in total. The van der Waals surface area contributed by atoms with Gasteiger partial charge >= 0.3 is 0 Å². The molecular weight excluding hydrogens is 203 g/mol. The van der Waals surface area contributed by atoms with Gasteiger partial charge in [0.15, 0.2) is 0 Å². The molecule has 1 N–H and O–H groups in total. The minimum absolute atomic E-state index is 0.264. The van der Waals surface area contributed by atoms with Crippen molar-refractivity contribution < 1.29 is 4.39 Å². The van der Waals surface area contributed by atoms with Crippen LogP contribution in [0.4, 0.5) is 10.1 Å². The van der Waals surface area contributed by atoms with Gasteiger partial charge in [0, 0.05) is 23.8 Å². The Kier molecular flexibility index (Phi) is 2.77. The van der Waals surface area contributed by atoms with Crippen LogP contribution in [0.5, 0.6) is 0 Å². The van der Waals surface area contributed by atoms with Crippen molar-refractivity contribution in [3.05, 3.63) is 35.3 Å². The number of aromatic nitrogens is 1. The van der Waals surface area contributed by atoms with Crippen molar-refractivity contribution in [3.8, 4) is 0 Å². The maximum Gasteiger partial charge on any atom is 0.149 e. The van der Waals surface area contributed by atoms with E-state index in [0.29, 0.717) is 5.52 Å². The zero-order chi connectivity index (χ0) is 11.7. The first-order valence-electron chi connectivity index (χ1n) is 5.44. The third-order valence-corrected chi connectivity index (χ3v) is 2.88. The topological polar surface area (TPSA) is 24.9 Å². The molecule has 0 atom stereocenters. The summed E-state index contributed by atoms with van der Waals surface area (Å²) < 4.78 is 13.6. The van der Waals surface area contributed by atoms with Crippen LogP contribution in [0, 0.1) is 12.7 Å². The Labute approximate surface area is 94.5 Å². The van der Waals surface area contributed by atoms with E-state index in [1.54, 1.807) is 6.07 Å². The molecule has 2 rings (SSSR count). The van der Waals surface area contributed by atoms with Gasteiger partial charge in [0.25, 0.3) is 0 Å². The molecule has 0 bridgehead atoms. The van der Waals surface area contributed by atoms with E-state index >= 15 is 0 Å². The second kappa shape index (κ2) is 4.08. The van der Waals surface area contributed by atoms with Crippen molar-refractivity contribution in [2.75, 3.05) is 12.4 Å². The van der Waals surface area contributed by atoms with E-state index in [1.807, 2.05) is 20.0 Å². The number of halogens is 1. The van der Waals surface area contributed by atoms with Crippen molar-refractivity contribution in [1.82, 2.24) is 4.98 Å². The standard InChI is InChI=1S/C13H15FN2/c1-4-9-8(2)16-13-10(12(9)15-3)6-5-7-11(13)14/h5-7H,4H2,1-3H3,(H,15,16). The van der Waals surface area contributed by atoms with Gasteiger partial charge in [-0.15, -0.1) is 0 Å². The molecule has 1 aromatic heterocycles. The Balaban J connectivity index is 2.90. The van der Waals surface area contributed by atoms with Crippen LogP contribution >= 0.6 is 0 Å². The molecule has 0 saturated carbocycles. The maximum atomic E-state index is 13.6. The van der Waals surface area contributed by atoms with Crippen LogP contribution in [0.25, 0.3) is 10.9 Å². The number of pyridine rings is 1. The first-order chi connectivity index (χ1) is 7.69. The third kappa shape index (κ3) is 1.52. The predicted molar refractivity (Wildman–Crippen MR) is 65.4 cm³/mol. The molecule has 0 aliphatic rings. The Bertz CT molecular complexity index is 535. The molecule has 2 aromatic rings. The fourth-order valence-corrected chi connectivity index (χ4v) is 2.13. The van der Waals surface area contributed by atoms with Gasteiger partial charge in [-0.25, -0.2) is 9.37 Å². The van der Waals surface area contributed by atoms with Crippen LogP contribution in [0.3, 0.4) is 0 Å². The summed E-state index contributed by atoms with van der Waals surface area (Å²) in [4.78, 5) is 4.34. The number of fused-ring (bicyclic) bond motifs is 1. The predicted octanol–water partition coefficient (Wildman–Crippen LogP) is 3.29. The number of rotatable bonds is 2. The molecule has 0 radical (unpaired) electrons. The first-order valence-corrected chi connectivity index (χ1v) is 5.44. The second-order valence-corrected chi connectivity index (χ2v) is 3.79. The highest BCUT2D eigenvalue weighted by atomic mass is 19.1. The molecular formula is C13H15FN2. The molecule has 0 aliphatic heterocycles. The number of anilines is 1.